The summed E-state index contributed by atoms with van der Waals surface area (Å²) >= 11 is 0. The van der Waals surface area contributed by atoms with Crippen molar-refractivity contribution in [3.8, 4) is 0 Å². The third kappa shape index (κ3) is 3.06. The second-order valence-electron chi connectivity index (χ2n) is 7.95. The van der Waals surface area contributed by atoms with E-state index in [0.29, 0.717) is 25.4 Å². The number of nitrogens with two attached hydrogens (primary N) is 1. The summed E-state index contributed by atoms with van der Waals surface area (Å²) in [6.45, 7) is 1.24. The first-order chi connectivity index (χ1) is 14.1. The van der Waals surface area contributed by atoms with Crippen LogP contribution in [-0.2, 0) is 21.5 Å². The number of fused-ring (bicyclic) bond motifs is 2. The molecule has 1 fully saturated rings. The van der Waals surface area contributed by atoms with E-state index in [-0.39, 0.29) is 17.8 Å². The number of hydrogen-bond donors (Lipinski definition) is 2. The number of amides is 1. The van der Waals surface area contributed by atoms with Crippen molar-refractivity contribution in [3.63, 3.8) is 0 Å². The molecule has 3 aliphatic rings. The lowest BCUT2D eigenvalue weighted by molar-refractivity contribution is -0.133. The number of rotatable bonds is 3. The molecule has 7 heteroatoms. The number of carbonyl (C=O) groups excluding carboxylic acids is 1. The summed E-state index contributed by atoms with van der Waals surface area (Å²) in [6.07, 6.45) is 2.77. The van der Waals surface area contributed by atoms with E-state index in [1.807, 2.05) is 18.2 Å². The van der Waals surface area contributed by atoms with Gasteiger partial charge in [-0.05, 0) is 54.3 Å². The molecule has 1 spiro atoms. The summed E-state index contributed by atoms with van der Waals surface area (Å²) in [7, 11) is 0. The maximum absolute atomic E-state index is 13.2. The number of anilines is 2. The Balaban J connectivity index is 1.42. The van der Waals surface area contributed by atoms with E-state index < -0.39 is 5.54 Å². The number of hydrogen-bond acceptors (Lipinski definition) is 5. The number of nitrogens with zero attached hydrogens (tertiary/aromatic N) is 2. The van der Waals surface area contributed by atoms with Gasteiger partial charge in [0.05, 0.1) is 19.1 Å². The standard InChI is InChI=1S/C22H23FN4O2/c23-14-6-8-15(9-7-14)25-19-5-1-4-18-17(19)11-22(18)12-20(28)27(21(24)26-22)16-3-2-10-29-13-16/h1,4-9,16,25H,2-3,10-13H2,(H2,24,26)/t16-,22-/m0/s1. The highest BCUT2D eigenvalue weighted by atomic mass is 19.1. The second-order valence-corrected chi connectivity index (χ2v) is 7.95. The fourth-order valence-electron chi connectivity index (χ4n) is 4.65. The van der Waals surface area contributed by atoms with Crippen molar-refractivity contribution in [1.29, 1.82) is 0 Å². The zero-order chi connectivity index (χ0) is 20.0. The highest BCUT2D eigenvalue weighted by molar-refractivity contribution is 6.00. The molecule has 0 unspecified atom stereocenters. The van der Waals surface area contributed by atoms with Gasteiger partial charge in [-0.25, -0.2) is 9.38 Å². The first-order valence-corrected chi connectivity index (χ1v) is 9.96. The van der Waals surface area contributed by atoms with Crippen LogP contribution in [-0.4, -0.2) is 36.0 Å². The summed E-state index contributed by atoms with van der Waals surface area (Å²) in [5.41, 5.74) is 9.60. The average molecular weight is 394 g/mol. The Labute approximate surface area is 168 Å². The van der Waals surface area contributed by atoms with E-state index in [9.17, 15) is 9.18 Å². The van der Waals surface area contributed by atoms with Gasteiger partial charge in [-0.1, -0.05) is 12.1 Å². The van der Waals surface area contributed by atoms with Crippen LogP contribution in [0.3, 0.4) is 0 Å². The lowest BCUT2D eigenvalue weighted by Crippen LogP contribution is -2.58. The third-order valence-corrected chi connectivity index (χ3v) is 6.06. The van der Waals surface area contributed by atoms with Crippen LogP contribution in [0.25, 0.3) is 0 Å². The van der Waals surface area contributed by atoms with Crippen LogP contribution in [0.4, 0.5) is 15.8 Å². The van der Waals surface area contributed by atoms with Gasteiger partial charge in [-0.2, -0.15) is 0 Å². The van der Waals surface area contributed by atoms with Gasteiger partial charge in [0.2, 0.25) is 5.91 Å². The fraction of sp³-hybridized carbons (Fsp3) is 0.364. The highest BCUT2D eigenvalue weighted by Crippen LogP contribution is 2.50. The molecule has 150 valence electrons. The van der Waals surface area contributed by atoms with Crippen LogP contribution >= 0.6 is 0 Å². The largest absolute Gasteiger partial charge is 0.379 e. The molecule has 6 nitrogen and oxygen atoms in total. The highest BCUT2D eigenvalue weighted by Gasteiger charge is 2.50. The van der Waals surface area contributed by atoms with Gasteiger partial charge in [0.15, 0.2) is 5.96 Å². The second kappa shape index (κ2) is 6.84. The normalized spacial score (nSPS) is 26.0. The van der Waals surface area contributed by atoms with Crippen molar-refractivity contribution in [2.45, 2.75) is 37.3 Å². The predicted octanol–water partition coefficient (Wildman–Crippen LogP) is 3.05. The molecular weight excluding hydrogens is 371 g/mol. The zero-order valence-electron chi connectivity index (χ0n) is 16.0. The van der Waals surface area contributed by atoms with E-state index in [2.05, 4.69) is 5.32 Å². The van der Waals surface area contributed by atoms with E-state index >= 15 is 0 Å². The molecule has 3 N–H and O–H groups in total. The molecule has 0 bridgehead atoms. The average Bonchev–Trinajstić information content (AvgIpc) is 2.70. The number of benzene rings is 2. The van der Waals surface area contributed by atoms with Crippen molar-refractivity contribution in [3.05, 3.63) is 59.4 Å². The van der Waals surface area contributed by atoms with Crippen LogP contribution in [0.2, 0.25) is 0 Å². The maximum atomic E-state index is 13.2. The molecule has 2 aliphatic heterocycles. The van der Waals surface area contributed by atoms with E-state index in [1.54, 1.807) is 17.0 Å². The summed E-state index contributed by atoms with van der Waals surface area (Å²) in [5, 5.41) is 3.34. The van der Waals surface area contributed by atoms with Crippen LogP contribution in [0.1, 0.15) is 30.4 Å². The number of aliphatic imine (C=N–C) groups is 1. The lowest BCUT2D eigenvalue weighted by atomic mass is 9.67. The van der Waals surface area contributed by atoms with Gasteiger partial charge in [0.25, 0.3) is 0 Å². The molecule has 1 aliphatic carbocycles. The summed E-state index contributed by atoms with van der Waals surface area (Å²) in [5.74, 6) is 0.0314. The predicted molar refractivity (Wildman–Crippen MR) is 108 cm³/mol. The van der Waals surface area contributed by atoms with Crippen molar-refractivity contribution >= 4 is 23.2 Å². The van der Waals surface area contributed by atoms with Gasteiger partial charge in [0.1, 0.15) is 11.4 Å². The number of carbonyl (C=O) groups is 1. The third-order valence-electron chi connectivity index (χ3n) is 6.06. The van der Waals surface area contributed by atoms with Crippen molar-refractivity contribution < 1.29 is 13.9 Å². The number of nitrogens with one attached hydrogen (secondary N) is 1. The Morgan fingerprint density at radius 3 is 2.76 bits per heavy atom. The van der Waals surface area contributed by atoms with Gasteiger partial charge in [0, 0.05) is 24.4 Å². The van der Waals surface area contributed by atoms with Gasteiger partial charge in [-0.3, -0.25) is 9.69 Å². The SMILES string of the molecule is NC1=N[C@]2(CC(=O)N1[C@H]1CCCOC1)Cc1c(Nc3ccc(F)cc3)cccc12. The molecular formula is C22H23FN4O2. The monoisotopic (exact) mass is 394 g/mol. The molecule has 29 heavy (non-hydrogen) atoms. The number of halogens is 1. The number of guanidine groups is 1. The molecule has 2 atom stereocenters. The molecule has 0 radical (unpaired) electrons. The fourth-order valence-corrected chi connectivity index (χ4v) is 4.65. The quantitative estimate of drug-likeness (QED) is 0.839. The number of ether oxygens (including phenoxy) is 1. The summed E-state index contributed by atoms with van der Waals surface area (Å²) < 4.78 is 18.7. The van der Waals surface area contributed by atoms with Crippen LogP contribution < -0.4 is 11.1 Å². The maximum Gasteiger partial charge on any atom is 0.232 e. The van der Waals surface area contributed by atoms with E-state index in [0.717, 1.165) is 42.0 Å². The summed E-state index contributed by atoms with van der Waals surface area (Å²) in [4.78, 5) is 19.4. The van der Waals surface area contributed by atoms with Gasteiger partial charge < -0.3 is 15.8 Å². The van der Waals surface area contributed by atoms with Crippen molar-refractivity contribution in [1.82, 2.24) is 4.90 Å². The van der Waals surface area contributed by atoms with Crippen molar-refractivity contribution in [2.75, 3.05) is 18.5 Å². The molecule has 2 aromatic rings. The Kier molecular flexibility index (Phi) is 4.28. The van der Waals surface area contributed by atoms with Crippen LogP contribution in [0.5, 0.6) is 0 Å². The molecule has 1 amide bonds. The van der Waals surface area contributed by atoms with Crippen LogP contribution in [0, 0.1) is 5.82 Å². The Morgan fingerprint density at radius 2 is 2.03 bits per heavy atom. The first-order valence-electron chi connectivity index (χ1n) is 9.96. The Hall–Kier alpha value is -2.93. The lowest BCUT2D eigenvalue weighted by Gasteiger charge is -2.47. The van der Waals surface area contributed by atoms with Crippen LogP contribution in [0.15, 0.2) is 47.5 Å². The summed E-state index contributed by atoms with van der Waals surface area (Å²) in [6, 6.07) is 12.2. The van der Waals surface area contributed by atoms with Gasteiger partial charge in [-0.15, -0.1) is 0 Å². The minimum atomic E-state index is -0.580. The smallest absolute Gasteiger partial charge is 0.232 e. The minimum Gasteiger partial charge on any atom is -0.379 e. The Morgan fingerprint density at radius 1 is 1.21 bits per heavy atom. The minimum absolute atomic E-state index is 0.00977. The molecule has 1 saturated heterocycles. The molecule has 0 saturated carbocycles. The van der Waals surface area contributed by atoms with E-state index in [1.165, 1.54) is 12.1 Å². The molecule has 5 rings (SSSR count). The molecule has 0 aromatic heterocycles. The molecule has 2 heterocycles. The van der Waals surface area contributed by atoms with Crippen molar-refractivity contribution in [2.24, 2.45) is 10.7 Å². The molecule has 2 aromatic carbocycles. The zero-order valence-corrected chi connectivity index (χ0v) is 16.0. The first kappa shape index (κ1) is 18.1. The van der Waals surface area contributed by atoms with E-state index in [4.69, 9.17) is 15.5 Å². The Bertz CT molecular complexity index is 985. The van der Waals surface area contributed by atoms with Gasteiger partial charge >= 0.3 is 0 Å². The topological polar surface area (TPSA) is 80.0 Å².